The summed E-state index contributed by atoms with van der Waals surface area (Å²) in [5, 5.41) is 0.874. The minimum atomic E-state index is -0.273. The fourth-order valence-corrected chi connectivity index (χ4v) is 2.12. The normalized spacial score (nSPS) is 10.3. The number of aromatic nitrogens is 2. The molecule has 1 amide bonds. The van der Waals surface area contributed by atoms with E-state index >= 15 is 0 Å². The fourth-order valence-electron chi connectivity index (χ4n) is 1.59. The molecule has 0 saturated heterocycles. The predicted molar refractivity (Wildman–Crippen MR) is 69.8 cm³/mol. The van der Waals surface area contributed by atoms with E-state index in [1.807, 2.05) is 29.2 Å². The van der Waals surface area contributed by atoms with E-state index in [4.69, 9.17) is 0 Å². The first-order valence-electron chi connectivity index (χ1n) is 5.27. The number of nitrogens with zero attached hydrogens (tertiary/aromatic N) is 2. The SMILES string of the molecule is CONC(=O)c1cccc(-n2ccnc2SC)c1. The highest BCUT2D eigenvalue weighted by Gasteiger charge is 2.08. The minimum absolute atomic E-state index is 0.273. The van der Waals surface area contributed by atoms with E-state index in [1.54, 1.807) is 30.1 Å². The van der Waals surface area contributed by atoms with Crippen molar-refractivity contribution in [2.75, 3.05) is 13.4 Å². The molecule has 0 atom stereocenters. The van der Waals surface area contributed by atoms with Crippen LogP contribution in [0.3, 0.4) is 0 Å². The molecule has 0 aliphatic heterocycles. The molecule has 2 aromatic rings. The maximum Gasteiger partial charge on any atom is 0.274 e. The summed E-state index contributed by atoms with van der Waals surface area (Å²) in [6, 6.07) is 7.26. The van der Waals surface area contributed by atoms with Gasteiger partial charge in [0.05, 0.1) is 7.11 Å². The maximum absolute atomic E-state index is 11.7. The number of hydroxylamine groups is 1. The van der Waals surface area contributed by atoms with Crippen LogP contribution in [0, 0.1) is 0 Å². The van der Waals surface area contributed by atoms with Gasteiger partial charge in [0.2, 0.25) is 0 Å². The van der Waals surface area contributed by atoms with Crippen molar-refractivity contribution >= 4 is 17.7 Å². The molecule has 1 N–H and O–H groups in total. The molecule has 18 heavy (non-hydrogen) atoms. The Morgan fingerprint density at radius 2 is 2.33 bits per heavy atom. The zero-order valence-electron chi connectivity index (χ0n) is 10.1. The zero-order valence-corrected chi connectivity index (χ0v) is 10.9. The Hall–Kier alpha value is -1.79. The van der Waals surface area contributed by atoms with Gasteiger partial charge in [-0.25, -0.2) is 10.5 Å². The van der Waals surface area contributed by atoms with E-state index in [9.17, 15) is 4.79 Å². The number of carbonyl (C=O) groups excluding carboxylic acids is 1. The second-order valence-corrected chi connectivity index (χ2v) is 4.24. The molecule has 0 saturated carbocycles. The van der Waals surface area contributed by atoms with Crippen molar-refractivity contribution in [1.29, 1.82) is 0 Å². The minimum Gasteiger partial charge on any atom is -0.295 e. The van der Waals surface area contributed by atoms with Crippen LogP contribution >= 0.6 is 11.8 Å². The molecule has 0 fully saturated rings. The summed E-state index contributed by atoms with van der Waals surface area (Å²) >= 11 is 1.55. The van der Waals surface area contributed by atoms with Gasteiger partial charge in [0.15, 0.2) is 5.16 Å². The first-order valence-corrected chi connectivity index (χ1v) is 6.50. The third-order valence-corrected chi connectivity index (χ3v) is 3.04. The molecule has 6 heteroatoms. The van der Waals surface area contributed by atoms with Crippen molar-refractivity contribution in [2.45, 2.75) is 5.16 Å². The summed E-state index contributed by atoms with van der Waals surface area (Å²) in [6.07, 6.45) is 5.55. The van der Waals surface area contributed by atoms with Gasteiger partial charge >= 0.3 is 0 Å². The van der Waals surface area contributed by atoms with Gasteiger partial charge in [-0.2, -0.15) is 0 Å². The fraction of sp³-hybridized carbons (Fsp3) is 0.167. The molecule has 1 heterocycles. The second-order valence-electron chi connectivity index (χ2n) is 3.47. The Bertz CT molecular complexity index is 554. The topological polar surface area (TPSA) is 56.1 Å². The van der Waals surface area contributed by atoms with Gasteiger partial charge in [0.25, 0.3) is 5.91 Å². The highest BCUT2D eigenvalue weighted by Crippen LogP contribution is 2.18. The number of hydrogen-bond acceptors (Lipinski definition) is 4. The summed E-state index contributed by atoms with van der Waals surface area (Å²) in [4.78, 5) is 20.5. The molecular formula is C12H13N3O2S. The van der Waals surface area contributed by atoms with Crippen LogP contribution in [0.15, 0.2) is 41.8 Å². The van der Waals surface area contributed by atoms with Crippen molar-refractivity contribution in [3.8, 4) is 5.69 Å². The number of imidazole rings is 1. The molecular weight excluding hydrogens is 250 g/mol. The van der Waals surface area contributed by atoms with Crippen LogP contribution in [0.1, 0.15) is 10.4 Å². The van der Waals surface area contributed by atoms with Gasteiger partial charge in [-0.05, 0) is 24.5 Å². The number of thioether (sulfide) groups is 1. The Morgan fingerprint density at radius 3 is 3.06 bits per heavy atom. The Balaban J connectivity index is 2.35. The van der Waals surface area contributed by atoms with Crippen molar-refractivity contribution < 1.29 is 9.63 Å². The molecule has 0 bridgehead atoms. The van der Waals surface area contributed by atoms with E-state index in [0.717, 1.165) is 10.8 Å². The van der Waals surface area contributed by atoms with Gasteiger partial charge in [0, 0.05) is 23.6 Å². The molecule has 0 radical (unpaired) electrons. The summed E-state index contributed by atoms with van der Waals surface area (Å²) in [5.74, 6) is -0.273. The molecule has 1 aromatic heterocycles. The van der Waals surface area contributed by atoms with Crippen LogP contribution in [0.2, 0.25) is 0 Å². The smallest absolute Gasteiger partial charge is 0.274 e. The lowest BCUT2D eigenvalue weighted by atomic mass is 10.2. The third kappa shape index (κ3) is 2.55. The lowest BCUT2D eigenvalue weighted by molar-refractivity contribution is 0.0537. The van der Waals surface area contributed by atoms with Crippen molar-refractivity contribution in [3.05, 3.63) is 42.2 Å². The molecule has 0 aliphatic carbocycles. The molecule has 0 spiro atoms. The number of hydrogen-bond donors (Lipinski definition) is 1. The molecule has 2 rings (SSSR count). The average molecular weight is 263 g/mol. The Morgan fingerprint density at radius 1 is 1.50 bits per heavy atom. The molecule has 0 unspecified atom stereocenters. The summed E-state index contributed by atoms with van der Waals surface area (Å²) in [7, 11) is 1.41. The third-order valence-electron chi connectivity index (χ3n) is 2.37. The first kappa shape index (κ1) is 12.7. The van der Waals surface area contributed by atoms with E-state index < -0.39 is 0 Å². The van der Waals surface area contributed by atoms with Gasteiger partial charge in [-0.1, -0.05) is 17.8 Å². The van der Waals surface area contributed by atoms with Crippen LogP contribution in [0.5, 0.6) is 0 Å². The van der Waals surface area contributed by atoms with Gasteiger partial charge in [-0.15, -0.1) is 0 Å². The number of carbonyl (C=O) groups is 1. The average Bonchev–Trinajstić information content (AvgIpc) is 2.87. The Kier molecular flexibility index (Phi) is 4.01. The van der Waals surface area contributed by atoms with Gasteiger partial charge in [0.1, 0.15) is 0 Å². The maximum atomic E-state index is 11.7. The van der Waals surface area contributed by atoms with Crippen LogP contribution in [0.4, 0.5) is 0 Å². The van der Waals surface area contributed by atoms with E-state index in [-0.39, 0.29) is 5.91 Å². The Labute approximate surface area is 109 Å². The number of nitrogens with one attached hydrogen (secondary N) is 1. The lowest BCUT2D eigenvalue weighted by Crippen LogP contribution is -2.21. The quantitative estimate of drug-likeness (QED) is 0.676. The van der Waals surface area contributed by atoms with Gasteiger partial charge in [-0.3, -0.25) is 14.2 Å². The zero-order chi connectivity index (χ0) is 13.0. The monoisotopic (exact) mass is 263 g/mol. The summed E-state index contributed by atoms with van der Waals surface area (Å²) in [6.45, 7) is 0. The second kappa shape index (κ2) is 5.70. The number of amides is 1. The van der Waals surface area contributed by atoms with Crippen LogP contribution in [-0.2, 0) is 4.84 Å². The van der Waals surface area contributed by atoms with Gasteiger partial charge < -0.3 is 0 Å². The lowest BCUT2D eigenvalue weighted by Gasteiger charge is -2.08. The molecule has 1 aromatic carbocycles. The highest BCUT2D eigenvalue weighted by atomic mass is 32.2. The highest BCUT2D eigenvalue weighted by molar-refractivity contribution is 7.98. The van der Waals surface area contributed by atoms with E-state index in [1.165, 1.54) is 7.11 Å². The van der Waals surface area contributed by atoms with Crippen LogP contribution in [-0.4, -0.2) is 28.8 Å². The van der Waals surface area contributed by atoms with Crippen molar-refractivity contribution in [3.63, 3.8) is 0 Å². The van der Waals surface area contributed by atoms with Crippen molar-refractivity contribution in [1.82, 2.24) is 15.0 Å². The first-order chi connectivity index (χ1) is 8.76. The molecule has 5 nitrogen and oxygen atoms in total. The number of rotatable bonds is 4. The molecule has 0 aliphatic rings. The summed E-state index contributed by atoms with van der Waals surface area (Å²) in [5.41, 5.74) is 3.72. The van der Waals surface area contributed by atoms with E-state index in [0.29, 0.717) is 5.56 Å². The number of benzene rings is 1. The van der Waals surface area contributed by atoms with E-state index in [2.05, 4.69) is 15.3 Å². The largest absolute Gasteiger partial charge is 0.295 e. The van der Waals surface area contributed by atoms with Crippen molar-refractivity contribution in [2.24, 2.45) is 0 Å². The predicted octanol–water partition coefficient (Wildman–Crippen LogP) is 1.89. The summed E-state index contributed by atoms with van der Waals surface area (Å²) < 4.78 is 1.92. The molecule has 94 valence electrons. The van der Waals surface area contributed by atoms with Crippen LogP contribution in [0.25, 0.3) is 5.69 Å². The standard InChI is InChI=1S/C12H13N3O2S/c1-17-14-11(16)9-4-3-5-10(8-9)15-7-6-13-12(15)18-2/h3-8H,1-2H3,(H,14,16). The van der Waals surface area contributed by atoms with Crippen LogP contribution < -0.4 is 5.48 Å².